The van der Waals surface area contributed by atoms with E-state index in [-0.39, 0.29) is 23.7 Å². The number of nitrogens with one attached hydrogen (secondary N) is 1. The largest absolute Gasteiger partial charge is 0.462 e. The molecule has 1 fully saturated rings. The summed E-state index contributed by atoms with van der Waals surface area (Å²) in [6, 6.07) is 16.4. The molecule has 2 amide bonds. The first kappa shape index (κ1) is 20.6. The summed E-state index contributed by atoms with van der Waals surface area (Å²) in [6.07, 6.45) is 0.566. The molecule has 3 rings (SSSR count). The predicted octanol–water partition coefficient (Wildman–Crippen LogP) is 3.49. The Hall–Kier alpha value is -3.15. The number of carbonyl (C=O) groups is 3. The third-order valence-corrected chi connectivity index (χ3v) is 5.02. The number of esters is 1. The van der Waals surface area contributed by atoms with E-state index < -0.39 is 5.97 Å². The third-order valence-electron chi connectivity index (χ3n) is 5.02. The molecule has 2 atom stereocenters. The molecule has 0 radical (unpaired) electrons. The Balaban J connectivity index is 1.54. The van der Waals surface area contributed by atoms with E-state index in [4.69, 9.17) is 4.74 Å². The molecular formula is C23H26N2O4. The lowest BCUT2D eigenvalue weighted by molar-refractivity contribution is -0.134. The Morgan fingerprint density at radius 2 is 1.69 bits per heavy atom. The molecule has 0 aliphatic heterocycles. The molecular weight excluding hydrogens is 368 g/mol. The molecule has 1 aliphatic rings. The second kappa shape index (κ2) is 9.37. The van der Waals surface area contributed by atoms with Crippen molar-refractivity contribution < 1.29 is 19.1 Å². The molecule has 2 aromatic carbocycles. The zero-order chi connectivity index (χ0) is 20.8. The van der Waals surface area contributed by atoms with Gasteiger partial charge in [0.1, 0.15) is 0 Å². The quantitative estimate of drug-likeness (QED) is 0.696. The first-order valence-corrected chi connectivity index (χ1v) is 9.94. The fourth-order valence-corrected chi connectivity index (χ4v) is 3.28. The normalized spacial score (nSPS) is 17.3. The van der Waals surface area contributed by atoms with Crippen LogP contribution in [-0.4, -0.2) is 35.8 Å². The van der Waals surface area contributed by atoms with Crippen molar-refractivity contribution in [1.29, 1.82) is 0 Å². The number of nitrogens with zero attached hydrogens (tertiary/aromatic N) is 1. The number of ether oxygens (including phenoxy) is 1. The van der Waals surface area contributed by atoms with E-state index in [0.717, 1.165) is 5.56 Å². The van der Waals surface area contributed by atoms with Crippen molar-refractivity contribution in [3.63, 3.8) is 0 Å². The minimum atomic E-state index is -0.392. The van der Waals surface area contributed by atoms with Gasteiger partial charge >= 0.3 is 5.97 Å². The van der Waals surface area contributed by atoms with E-state index in [0.29, 0.717) is 37.4 Å². The highest BCUT2D eigenvalue weighted by atomic mass is 16.5. The van der Waals surface area contributed by atoms with Gasteiger partial charge in [0.15, 0.2) is 0 Å². The van der Waals surface area contributed by atoms with Crippen LogP contribution in [0.25, 0.3) is 0 Å². The Bertz CT molecular complexity index is 864. The van der Waals surface area contributed by atoms with Crippen LogP contribution in [0.1, 0.15) is 36.2 Å². The minimum absolute atomic E-state index is 0.0224. The Morgan fingerprint density at radius 1 is 1.00 bits per heavy atom. The maximum Gasteiger partial charge on any atom is 0.338 e. The van der Waals surface area contributed by atoms with Crippen LogP contribution in [0.2, 0.25) is 0 Å². The van der Waals surface area contributed by atoms with Crippen LogP contribution in [0, 0.1) is 11.8 Å². The highest BCUT2D eigenvalue weighted by molar-refractivity contribution is 6.00. The molecule has 2 unspecified atom stereocenters. The number of amides is 2. The molecule has 152 valence electrons. The zero-order valence-corrected chi connectivity index (χ0v) is 16.8. The van der Waals surface area contributed by atoms with Crippen molar-refractivity contribution in [2.45, 2.75) is 26.8 Å². The maximum atomic E-state index is 12.8. The van der Waals surface area contributed by atoms with Gasteiger partial charge in [0.25, 0.3) is 0 Å². The van der Waals surface area contributed by atoms with Crippen LogP contribution >= 0.6 is 0 Å². The van der Waals surface area contributed by atoms with Crippen LogP contribution in [-0.2, 0) is 20.9 Å². The standard InChI is InChI=1S/C23H26N2O4/c1-3-25(15-16-8-6-5-7-9-16)22(27)20-14-19(20)21(26)24-18-12-10-17(11-13-18)23(28)29-4-2/h5-13,19-20H,3-4,14-15H2,1-2H3,(H,24,26). The molecule has 1 saturated carbocycles. The summed E-state index contributed by atoms with van der Waals surface area (Å²) < 4.78 is 4.94. The van der Waals surface area contributed by atoms with E-state index in [2.05, 4.69) is 5.32 Å². The summed E-state index contributed by atoms with van der Waals surface area (Å²) in [6.45, 7) is 5.17. The van der Waals surface area contributed by atoms with E-state index in [1.54, 1.807) is 36.1 Å². The van der Waals surface area contributed by atoms with Gasteiger partial charge in [0, 0.05) is 18.8 Å². The number of carbonyl (C=O) groups excluding carboxylic acids is 3. The summed E-state index contributed by atoms with van der Waals surface area (Å²) in [4.78, 5) is 38.8. The molecule has 6 nitrogen and oxygen atoms in total. The molecule has 0 heterocycles. The lowest BCUT2D eigenvalue weighted by Crippen LogP contribution is -2.33. The molecule has 1 aliphatic carbocycles. The molecule has 0 aromatic heterocycles. The number of anilines is 1. The average molecular weight is 394 g/mol. The molecule has 0 spiro atoms. The second-order valence-corrected chi connectivity index (χ2v) is 7.07. The topological polar surface area (TPSA) is 75.7 Å². The zero-order valence-electron chi connectivity index (χ0n) is 16.8. The first-order chi connectivity index (χ1) is 14.0. The van der Waals surface area contributed by atoms with Crippen LogP contribution in [0.15, 0.2) is 54.6 Å². The summed E-state index contributed by atoms with van der Waals surface area (Å²) in [5.41, 5.74) is 2.10. The maximum absolute atomic E-state index is 12.8. The number of hydrogen-bond acceptors (Lipinski definition) is 4. The minimum Gasteiger partial charge on any atom is -0.462 e. The smallest absolute Gasteiger partial charge is 0.338 e. The van der Waals surface area contributed by atoms with Crippen LogP contribution in [0.4, 0.5) is 5.69 Å². The van der Waals surface area contributed by atoms with Gasteiger partial charge in [0.2, 0.25) is 11.8 Å². The molecule has 6 heteroatoms. The monoisotopic (exact) mass is 394 g/mol. The number of hydrogen-bond donors (Lipinski definition) is 1. The summed E-state index contributed by atoms with van der Waals surface area (Å²) in [7, 11) is 0. The lowest BCUT2D eigenvalue weighted by Gasteiger charge is -2.21. The van der Waals surface area contributed by atoms with Gasteiger partial charge < -0.3 is 15.0 Å². The van der Waals surface area contributed by atoms with Crippen molar-refractivity contribution in [3.05, 3.63) is 65.7 Å². The highest BCUT2D eigenvalue weighted by Crippen LogP contribution is 2.41. The van der Waals surface area contributed by atoms with Crippen LogP contribution < -0.4 is 5.32 Å². The van der Waals surface area contributed by atoms with Gasteiger partial charge in [-0.2, -0.15) is 0 Å². The third kappa shape index (κ3) is 5.22. The molecule has 0 bridgehead atoms. The summed E-state index contributed by atoms with van der Waals surface area (Å²) >= 11 is 0. The first-order valence-electron chi connectivity index (χ1n) is 9.94. The molecule has 2 aromatic rings. The summed E-state index contributed by atoms with van der Waals surface area (Å²) in [5.74, 6) is -1.11. The van der Waals surface area contributed by atoms with E-state index >= 15 is 0 Å². The second-order valence-electron chi connectivity index (χ2n) is 7.07. The van der Waals surface area contributed by atoms with E-state index in [9.17, 15) is 14.4 Å². The van der Waals surface area contributed by atoms with E-state index in [1.807, 2.05) is 37.3 Å². The molecule has 0 saturated heterocycles. The van der Waals surface area contributed by atoms with Crippen molar-refractivity contribution in [2.75, 3.05) is 18.5 Å². The van der Waals surface area contributed by atoms with Gasteiger partial charge in [-0.15, -0.1) is 0 Å². The summed E-state index contributed by atoms with van der Waals surface area (Å²) in [5, 5.41) is 2.83. The SMILES string of the molecule is CCOC(=O)c1ccc(NC(=O)C2CC2C(=O)N(CC)Cc2ccccc2)cc1. The number of rotatable bonds is 8. The average Bonchev–Trinajstić information content (AvgIpc) is 3.54. The fourth-order valence-electron chi connectivity index (χ4n) is 3.28. The van der Waals surface area contributed by atoms with Gasteiger partial charge in [0.05, 0.1) is 24.0 Å². The van der Waals surface area contributed by atoms with Gasteiger partial charge in [-0.25, -0.2) is 4.79 Å². The Labute approximate surface area is 170 Å². The van der Waals surface area contributed by atoms with Crippen LogP contribution in [0.5, 0.6) is 0 Å². The van der Waals surface area contributed by atoms with Crippen molar-refractivity contribution >= 4 is 23.5 Å². The van der Waals surface area contributed by atoms with Crippen LogP contribution in [0.3, 0.4) is 0 Å². The van der Waals surface area contributed by atoms with Gasteiger partial charge in [-0.1, -0.05) is 30.3 Å². The Morgan fingerprint density at radius 3 is 2.31 bits per heavy atom. The predicted molar refractivity (Wildman–Crippen MR) is 110 cm³/mol. The number of benzene rings is 2. The van der Waals surface area contributed by atoms with Gasteiger partial charge in [-0.05, 0) is 50.1 Å². The van der Waals surface area contributed by atoms with E-state index in [1.165, 1.54) is 0 Å². The lowest BCUT2D eigenvalue weighted by atomic mass is 10.2. The fraction of sp³-hybridized carbons (Fsp3) is 0.348. The Kier molecular flexibility index (Phi) is 6.65. The van der Waals surface area contributed by atoms with Crippen molar-refractivity contribution in [3.8, 4) is 0 Å². The molecule has 1 N–H and O–H groups in total. The van der Waals surface area contributed by atoms with Gasteiger partial charge in [-0.3, -0.25) is 9.59 Å². The molecule has 29 heavy (non-hydrogen) atoms. The highest BCUT2D eigenvalue weighted by Gasteiger charge is 2.49. The van der Waals surface area contributed by atoms with Crippen molar-refractivity contribution in [2.24, 2.45) is 11.8 Å². The van der Waals surface area contributed by atoms with Crippen molar-refractivity contribution in [1.82, 2.24) is 4.90 Å².